The maximum absolute atomic E-state index is 11.9. The number of nitrogens with one attached hydrogen (secondary N) is 2. The second kappa shape index (κ2) is 6.08. The van der Waals surface area contributed by atoms with Gasteiger partial charge in [0.1, 0.15) is 11.3 Å². The highest BCUT2D eigenvalue weighted by Crippen LogP contribution is 2.17. The van der Waals surface area contributed by atoms with Crippen molar-refractivity contribution in [1.29, 1.82) is 0 Å². The molecule has 1 aliphatic rings. The van der Waals surface area contributed by atoms with Crippen LogP contribution in [0.15, 0.2) is 39.5 Å². The Morgan fingerprint density at radius 1 is 1.21 bits per heavy atom. The summed E-state index contributed by atoms with van der Waals surface area (Å²) in [5.74, 6) is 0. The molecule has 1 aromatic carbocycles. The van der Waals surface area contributed by atoms with Gasteiger partial charge in [-0.05, 0) is 38.1 Å². The van der Waals surface area contributed by atoms with Crippen molar-refractivity contribution in [2.75, 3.05) is 18.4 Å². The summed E-state index contributed by atoms with van der Waals surface area (Å²) in [6, 6.07) is 9.80. The van der Waals surface area contributed by atoms with E-state index >= 15 is 0 Å². The summed E-state index contributed by atoms with van der Waals surface area (Å²) in [4.78, 5) is 11.9. The fourth-order valence-electron chi connectivity index (χ4n) is 2.35. The normalized spacial score (nSPS) is 16.0. The van der Waals surface area contributed by atoms with Crippen LogP contribution in [0.25, 0.3) is 11.0 Å². The van der Waals surface area contributed by atoms with Crippen LogP contribution in [0.2, 0.25) is 0 Å². The third kappa shape index (κ3) is 3.08. The van der Waals surface area contributed by atoms with E-state index in [2.05, 4.69) is 10.6 Å². The largest absolute Gasteiger partial charge is 0.421 e. The summed E-state index contributed by atoms with van der Waals surface area (Å²) in [6.07, 6.45) is 2.07. The van der Waals surface area contributed by atoms with E-state index in [4.69, 9.17) is 4.42 Å². The van der Waals surface area contributed by atoms with E-state index in [-0.39, 0.29) is 18.0 Å². The molecule has 4 nitrogen and oxygen atoms in total. The molecule has 5 heteroatoms. The smallest absolute Gasteiger partial charge is 0.359 e. The van der Waals surface area contributed by atoms with Gasteiger partial charge in [-0.25, -0.2) is 4.79 Å². The zero-order chi connectivity index (χ0) is 12.4. The van der Waals surface area contributed by atoms with Crippen LogP contribution in [0.5, 0.6) is 0 Å². The number of piperidine rings is 1. The molecule has 0 spiro atoms. The Morgan fingerprint density at radius 2 is 1.95 bits per heavy atom. The number of benzene rings is 1. The summed E-state index contributed by atoms with van der Waals surface area (Å²) in [6.45, 7) is 1.99. The van der Waals surface area contributed by atoms with Gasteiger partial charge in [-0.1, -0.05) is 18.2 Å². The van der Waals surface area contributed by atoms with E-state index < -0.39 is 0 Å². The Morgan fingerprint density at radius 3 is 2.74 bits per heavy atom. The van der Waals surface area contributed by atoms with Crippen LogP contribution < -0.4 is 16.3 Å². The van der Waals surface area contributed by atoms with E-state index in [1.807, 2.05) is 30.3 Å². The number of anilines is 1. The second-order valence-electron chi connectivity index (χ2n) is 4.65. The Balaban J connectivity index is 0.00000133. The fraction of sp³-hybridized carbons (Fsp3) is 0.357. The molecule has 0 aliphatic carbocycles. The first-order chi connectivity index (χ1) is 8.83. The first-order valence-electron chi connectivity index (χ1n) is 6.33. The van der Waals surface area contributed by atoms with Gasteiger partial charge in [-0.2, -0.15) is 0 Å². The van der Waals surface area contributed by atoms with Gasteiger partial charge < -0.3 is 15.1 Å². The summed E-state index contributed by atoms with van der Waals surface area (Å²) in [5, 5.41) is 7.55. The lowest BCUT2D eigenvalue weighted by Gasteiger charge is -2.24. The summed E-state index contributed by atoms with van der Waals surface area (Å²) < 4.78 is 5.30. The molecule has 0 atom stereocenters. The number of fused-ring (bicyclic) bond motifs is 1. The highest BCUT2D eigenvalue weighted by atomic mass is 35.5. The first kappa shape index (κ1) is 13.9. The quantitative estimate of drug-likeness (QED) is 0.830. The van der Waals surface area contributed by atoms with Gasteiger partial charge in [0.05, 0.1) is 0 Å². The molecule has 19 heavy (non-hydrogen) atoms. The molecule has 0 bridgehead atoms. The standard InChI is InChI=1S/C14H16N2O2.ClH/c17-14-12(16-11-5-7-15-8-6-11)9-10-3-1-2-4-13(10)18-14;/h1-4,9,11,15-16H,5-8H2;1H. The van der Waals surface area contributed by atoms with E-state index in [0.29, 0.717) is 17.3 Å². The van der Waals surface area contributed by atoms with Crippen molar-refractivity contribution in [3.63, 3.8) is 0 Å². The van der Waals surface area contributed by atoms with Crippen LogP contribution in [-0.2, 0) is 0 Å². The van der Waals surface area contributed by atoms with Crippen molar-refractivity contribution in [1.82, 2.24) is 5.32 Å². The molecule has 1 aliphatic heterocycles. The molecule has 3 rings (SSSR count). The van der Waals surface area contributed by atoms with Crippen molar-refractivity contribution < 1.29 is 4.42 Å². The Labute approximate surface area is 117 Å². The minimum Gasteiger partial charge on any atom is -0.421 e. The molecule has 0 amide bonds. The monoisotopic (exact) mass is 280 g/mol. The lowest BCUT2D eigenvalue weighted by Crippen LogP contribution is -2.36. The van der Waals surface area contributed by atoms with Crippen molar-refractivity contribution in [2.24, 2.45) is 0 Å². The van der Waals surface area contributed by atoms with Crippen LogP contribution >= 0.6 is 12.4 Å². The topological polar surface area (TPSA) is 54.3 Å². The van der Waals surface area contributed by atoms with E-state index in [1.165, 1.54) is 0 Å². The van der Waals surface area contributed by atoms with Gasteiger partial charge in [0, 0.05) is 11.4 Å². The number of halogens is 1. The van der Waals surface area contributed by atoms with Gasteiger partial charge in [-0.3, -0.25) is 0 Å². The van der Waals surface area contributed by atoms with E-state index in [9.17, 15) is 4.79 Å². The summed E-state index contributed by atoms with van der Waals surface area (Å²) >= 11 is 0. The summed E-state index contributed by atoms with van der Waals surface area (Å²) in [7, 11) is 0. The molecule has 1 saturated heterocycles. The first-order valence-corrected chi connectivity index (χ1v) is 6.33. The van der Waals surface area contributed by atoms with Crippen molar-refractivity contribution in [2.45, 2.75) is 18.9 Å². The maximum atomic E-state index is 11.9. The molecule has 2 aromatic rings. The number of hydrogen-bond acceptors (Lipinski definition) is 4. The van der Waals surface area contributed by atoms with Gasteiger partial charge in [0.2, 0.25) is 0 Å². The Hall–Kier alpha value is -1.52. The molecule has 0 unspecified atom stereocenters. The number of rotatable bonds is 2. The van der Waals surface area contributed by atoms with E-state index in [1.54, 1.807) is 0 Å². The highest BCUT2D eigenvalue weighted by molar-refractivity contribution is 5.85. The Bertz CT molecular complexity index is 606. The van der Waals surface area contributed by atoms with Crippen LogP contribution in [0.4, 0.5) is 5.69 Å². The number of hydrogen-bond donors (Lipinski definition) is 2. The van der Waals surface area contributed by atoms with Crippen LogP contribution in [-0.4, -0.2) is 19.1 Å². The zero-order valence-corrected chi connectivity index (χ0v) is 11.3. The SMILES string of the molecule is Cl.O=c1oc2ccccc2cc1NC1CCNCC1. The zero-order valence-electron chi connectivity index (χ0n) is 10.5. The highest BCUT2D eigenvalue weighted by Gasteiger charge is 2.14. The van der Waals surface area contributed by atoms with Gasteiger partial charge >= 0.3 is 5.63 Å². The molecule has 0 radical (unpaired) electrons. The van der Waals surface area contributed by atoms with E-state index in [0.717, 1.165) is 31.3 Å². The van der Waals surface area contributed by atoms with Crippen LogP contribution in [0.1, 0.15) is 12.8 Å². The van der Waals surface area contributed by atoms with Crippen molar-refractivity contribution in [3.8, 4) is 0 Å². The minimum absolute atomic E-state index is 0. The van der Waals surface area contributed by atoms with Gasteiger partial charge in [-0.15, -0.1) is 12.4 Å². The second-order valence-corrected chi connectivity index (χ2v) is 4.65. The molecule has 1 aromatic heterocycles. The maximum Gasteiger partial charge on any atom is 0.359 e. The third-order valence-electron chi connectivity index (χ3n) is 3.34. The Kier molecular flexibility index (Phi) is 4.45. The average molecular weight is 281 g/mol. The molecule has 1 fully saturated rings. The molecule has 2 N–H and O–H groups in total. The van der Waals surface area contributed by atoms with Crippen molar-refractivity contribution in [3.05, 3.63) is 40.8 Å². The lowest BCUT2D eigenvalue weighted by molar-refractivity contribution is 0.476. The average Bonchev–Trinajstić information content (AvgIpc) is 2.41. The molecule has 102 valence electrons. The number of para-hydroxylation sites is 1. The molecule has 0 saturated carbocycles. The molecular formula is C14H17ClN2O2. The van der Waals surface area contributed by atoms with Gasteiger partial charge in [0.25, 0.3) is 0 Å². The molecular weight excluding hydrogens is 264 g/mol. The van der Waals surface area contributed by atoms with Gasteiger partial charge in [0.15, 0.2) is 0 Å². The minimum atomic E-state index is -0.285. The predicted octanol–water partition coefficient (Wildman–Crippen LogP) is 2.38. The fourth-order valence-corrected chi connectivity index (χ4v) is 2.35. The van der Waals surface area contributed by atoms with Crippen molar-refractivity contribution >= 4 is 29.1 Å². The van der Waals surface area contributed by atoms with Crippen LogP contribution in [0, 0.1) is 0 Å². The lowest BCUT2D eigenvalue weighted by atomic mass is 10.1. The third-order valence-corrected chi connectivity index (χ3v) is 3.34. The molecule has 2 heterocycles. The predicted molar refractivity (Wildman–Crippen MR) is 79.2 cm³/mol. The summed E-state index contributed by atoms with van der Waals surface area (Å²) in [5.41, 5.74) is 0.922. The van der Waals surface area contributed by atoms with Crippen LogP contribution in [0.3, 0.4) is 0 Å².